The van der Waals surface area contributed by atoms with Crippen molar-refractivity contribution in [2.24, 2.45) is 0 Å². The molecule has 3 aromatic rings. The summed E-state index contributed by atoms with van der Waals surface area (Å²) in [7, 11) is 2.95. The smallest absolute Gasteiger partial charge is 0.300 e. The number of rotatable bonds is 7. The van der Waals surface area contributed by atoms with Gasteiger partial charge in [-0.05, 0) is 67.1 Å². The summed E-state index contributed by atoms with van der Waals surface area (Å²) in [5.41, 5.74) is 1.01. The van der Waals surface area contributed by atoms with Gasteiger partial charge in [0.1, 0.15) is 11.5 Å². The molecule has 1 aliphatic heterocycles. The fourth-order valence-corrected chi connectivity index (χ4v) is 4.46. The van der Waals surface area contributed by atoms with Crippen LogP contribution in [0.3, 0.4) is 0 Å². The number of ether oxygens (including phenoxy) is 3. The van der Waals surface area contributed by atoms with E-state index in [1.807, 2.05) is 6.92 Å². The fourth-order valence-electron chi connectivity index (χ4n) is 4.16. The molecule has 1 N–H and O–H groups in total. The van der Waals surface area contributed by atoms with E-state index in [4.69, 9.17) is 37.4 Å². The van der Waals surface area contributed by atoms with Crippen molar-refractivity contribution in [2.75, 3.05) is 25.7 Å². The zero-order valence-electron chi connectivity index (χ0n) is 19.7. The minimum atomic E-state index is -0.986. The minimum absolute atomic E-state index is 0.122. The van der Waals surface area contributed by atoms with Gasteiger partial charge in [-0.3, -0.25) is 14.5 Å². The van der Waals surface area contributed by atoms with E-state index in [9.17, 15) is 14.7 Å². The lowest BCUT2D eigenvalue weighted by Crippen LogP contribution is -2.29. The van der Waals surface area contributed by atoms with Gasteiger partial charge in [0.05, 0.1) is 38.0 Å². The van der Waals surface area contributed by atoms with Gasteiger partial charge in [-0.1, -0.05) is 29.3 Å². The molecule has 186 valence electrons. The molecule has 1 heterocycles. The second-order valence-corrected chi connectivity index (χ2v) is 8.71. The number of ketones is 1. The largest absolute Gasteiger partial charge is 0.507 e. The highest BCUT2D eigenvalue weighted by Crippen LogP contribution is 2.45. The van der Waals surface area contributed by atoms with Crippen LogP contribution in [0.25, 0.3) is 5.76 Å². The first-order valence-electron chi connectivity index (χ1n) is 11.0. The number of carbonyl (C=O) groups excluding carboxylic acids is 2. The number of methoxy groups -OCH3 is 2. The van der Waals surface area contributed by atoms with E-state index < -0.39 is 23.5 Å². The molecule has 0 aliphatic carbocycles. The third-order valence-corrected chi connectivity index (χ3v) is 6.26. The summed E-state index contributed by atoms with van der Waals surface area (Å²) in [4.78, 5) is 28.1. The number of benzene rings is 3. The molecule has 1 aliphatic rings. The summed E-state index contributed by atoms with van der Waals surface area (Å²) in [5, 5.41) is 12.2. The van der Waals surface area contributed by atoms with Crippen LogP contribution in [0.2, 0.25) is 10.0 Å². The fraction of sp³-hybridized carbons (Fsp3) is 0.185. The van der Waals surface area contributed by atoms with Crippen molar-refractivity contribution < 1.29 is 28.9 Å². The molecule has 36 heavy (non-hydrogen) atoms. The quantitative estimate of drug-likeness (QED) is 0.229. The Labute approximate surface area is 218 Å². The van der Waals surface area contributed by atoms with Crippen molar-refractivity contribution in [3.05, 3.63) is 87.4 Å². The number of halogens is 2. The lowest BCUT2D eigenvalue weighted by molar-refractivity contribution is -0.132. The van der Waals surface area contributed by atoms with Crippen LogP contribution >= 0.6 is 23.2 Å². The van der Waals surface area contributed by atoms with Crippen LogP contribution < -0.4 is 19.1 Å². The Morgan fingerprint density at radius 3 is 2.17 bits per heavy atom. The molecule has 4 rings (SSSR count). The molecule has 3 aromatic carbocycles. The molecular weight excluding hydrogens is 505 g/mol. The molecule has 0 aromatic heterocycles. The zero-order valence-corrected chi connectivity index (χ0v) is 21.3. The van der Waals surface area contributed by atoms with E-state index in [2.05, 4.69) is 0 Å². The van der Waals surface area contributed by atoms with Crippen molar-refractivity contribution in [3.8, 4) is 17.2 Å². The number of aliphatic hydroxyl groups is 1. The molecule has 1 saturated heterocycles. The maximum atomic E-state index is 13.4. The SMILES string of the molecule is CCOc1cc(C2/C(=C(\O)c3cc(Cl)ccc3OC)C(=O)C(=O)N2c2ccc(Cl)cc2)ccc1OC. The Bertz CT molecular complexity index is 1350. The Balaban J connectivity index is 2.00. The van der Waals surface area contributed by atoms with Gasteiger partial charge >= 0.3 is 0 Å². The summed E-state index contributed by atoms with van der Waals surface area (Å²) in [5.74, 6) is -0.872. The molecule has 1 unspecified atom stereocenters. The van der Waals surface area contributed by atoms with Gasteiger partial charge in [-0.2, -0.15) is 0 Å². The van der Waals surface area contributed by atoms with Gasteiger partial charge in [-0.25, -0.2) is 0 Å². The van der Waals surface area contributed by atoms with Crippen LogP contribution in [0.4, 0.5) is 5.69 Å². The third kappa shape index (κ3) is 4.59. The van der Waals surface area contributed by atoms with Gasteiger partial charge in [0.15, 0.2) is 11.5 Å². The van der Waals surface area contributed by atoms with E-state index in [0.29, 0.717) is 39.4 Å². The lowest BCUT2D eigenvalue weighted by atomic mass is 9.94. The number of hydrogen-bond acceptors (Lipinski definition) is 6. The van der Waals surface area contributed by atoms with Gasteiger partial charge in [0.2, 0.25) is 0 Å². The first-order valence-corrected chi connectivity index (χ1v) is 11.8. The summed E-state index contributed by atoms with van der Waals surface area (Å²) in [6, 6.07) is 15.2. The zero-order chi connectivity index (χ0) is 26.0. The summed E-state index contributed by atoms with van der Waals surface area (Å²) in [6.45, 7) is 2.20. The third-order valence-electron chi connectivity index (χ3n) is 5.77. The second-order valence-electron chi connectivity index (χ2n) is 7.83. The molecule has 0 radical (unpaired) electrons. The lowest BCUT2D eigenvalue weighted by Gasteiger charge is -2.26. The molecule has 0 bridgehead atoms. The van der Waals surface area contributed by atoms with E-state index in [1.54, 1.807) is 54.6 Å². The molecule has 1 amide bonds. The Morgan fingerprint density at radius 2 is 1.53 bits per heavy atom. The maximum absolute atomic E-state index is 13.4. The number of nitrogens with zero attached hydrogens (tertiary/aromatic N) is 1. The van der Waals surface area contributed by atoms with Gasteiger partial charge < -0.3 is 19.3 Å². The predicted octanol–water partition coefficient (Wildman–Crippen LogP) is 6.04. The highest BCUT2D eigenvalue weighted by Gasteiger charge is 2.47. The van der Waals surface area contributed by atoms with Crippen LogP contribution in [-0.4, -0.2) is 37.6 Å². The predicted molar refractivity (Wildman–Crippen MR) is 138 cm³/mol. The number of hydrogen-bond donors (Lipinski definition) is 1. The van der Waals surface area contributed by atoms with Gasteiger partial charge in [0, 0.05) is 15.7 Å². The van der Waals surface area contributed by atoms with Crippen molar-refractivity contribution in [3.63, 3.8) is 0 Å². The van der Waals surface area contributed by atoms with Crippen LogP contribution in [0.5, 0.6) is 17.2 Å². The Hall–Kier alpha value is -3.68. The minimum Gasteiger partial charge on any atom is -0.507 e. The van der Waals surface area contributed by atoms with Gasteiger partial charge in [0.25, 0.3) is 11.7 Å². The normalized spacial score (nSPS) is 16.8. The van der Waals surface area contributed by atoms with Gasteiger partial charge in [-0.15, -0.1) is 0 Å². The first-order chi connectivity index (χ1) is 17.3. The van der Waals surface area contributed by atoms with Crippen LogP contribution in [0, 0.1) is 0 Å². The number of aliphatic hydroxyl groups excluding tert-OH is 1. The van der Waals surface area contributed by atoms with E-state index in [1.165, 1.54) is 25.2 Å². The van der Waals surface area contributed by atoms with Crippen LogP contribution in [-0.2, 0) is 9.59 Å². The second kappa shape index (κ2) is 10.5. The Kier molecular flexibility index (Phi) is 7.43. The van der Waals surface area contributed by atoms with Crippen LogP contribution in [0.1, 0.15) is 24.1 Å². The van der Waals surface area contributed by atoms with Crippen molar-refractivity contribution in [1.29, 1.82) is 0 Å². The molecular formula is C27H23Cl2NO6. The van der Waals surface area contributed by atoms with E-state index >= 15 is 0 Å². The molecule has 1 atom stereocenters. The Morgan fingerprint density at radius 1 is 0.889 bits per heavy atom. The summed E-state index contributed by atoms with van der Waals surface area (Å²) in [6.07, 6.45) is 0. The topological polar surface area (TPSA) is 85.3 Å². The monoisotopic (exact) mass is 527 g/mol. The van der Waals surface area contributed by atoms with Crippen molar-refractivity contribution in [2.45, 2.75) is 13.0 Å². The number of Topliss-reactive ketones (excluding diaryl/α,β-unsaturated/α-hetero) is 1. The number of anilines is 1. The average molecular weight is 528 g/mol. The molecule has 0 spiro atoms. The molecule has 0 saturated carbocycles. The number of amides is 1. The highest BCUT2D eigenvalue weighted by molar-refractivity contribution is 6.51. The standard InChI is InChI=1S/C27H23Cl2NO6/c1-4-36-22-13-15(5-11-21(22)35-3)24-23(25(31)19-14-17(29)8-12-20(19)34-2)26(32)27(33)30(24)18-9-6-16(28)7-10-18/h5-14,24,31H,4H2,1-3H3/b25-23+. The molecule has 7 nitrogen and oxygen atoms in total. The maximum Gasteiger partial charge on any atom is 0.300 e. The van der Waals surface area contributed by atoms with E-state index in [-0.39, 0.29) is 16.9 Å². The summed E-state index contributed by atoms with van der Waals surface area (Å²) >= 11 is 12.2. The van der Waals surface area contributed by atoms with Crippen molar-refractivity contribution in [1.82, 2.24) is 0 Å². The van der Waals surface area contributed by atoms with Crippen molar-refractivity contribution >= 4 is 46.3 Å². The summed E-state index contributed by atoms with van der Waals surface area (Å²) < 4.78 is 16.5. The highest BCUT2D eigenvalue weighted by atomic mass is 35.5. The van der Waals surface area contributed by atoms with Crippen LogP contribution in [0.15, 0.2) is 66.2 Å². The van der Waals surface area contributed by atoms with E-state index in [0.717, 1.165) is 0 Å². The number of carbonyl (C=O) groups is 2. The first kappa shape index (κ1) is 25.4. The molecule has 1 fully saturated rings. The molecule has 9 heteroatoms. The average Bonchev–Trinajstić information content (AvgIpc) is 3.14.